The third kappa shape index (κ3) is 1.84. The van der Waals surface area contributed by atoms with Crippen LogP contribution in [0.5, 0.6) is 0 Å². The van der Waals surface area contributed by atoms with Crippen LogP contribution in [0.4, 0.5) is 0 Å². The molecular weight excluding hydrogens is 258 g/mol. The fraction of sp³-hybridized carbons (Fsp3) is 0.389. The quantitative estimate of drug-likeness (QED) is 0.702. The van der Waals surface area contributed by atoms with Crippen LogP contribution in [-0.2, 0) is 12.8 Å². The number of rotatable bonds is 1. The topological polar surface area (TPSA) is 44.5 Å². The Kier molecular flexibility index (Phi) is 2.56. The van der Waals surface area contributed by atoms with Crippen molar-refractivity contribution in [1.29, 1.82) is 0 Å². The van der Waals surface area contributed by atoms with Crippen molar-refractivity contribution in [3.8, 4) is 0 Å². The SMILES string of the molecule is CC/C=c1\[nH]nc2c3c([nH]c4cccc1c43)CC(C)(C)C2. The normalized spacial score (nSPS) is 17.8. The Hall–Kier alpha value is -2.03. The molecule has 2 heterocycles. The minimum atomic E-state index is 0.257. The molecule has 0 unspecified atom stereocenters. The summed E-state index contributed by atoms with van der Waals surface area (Å²) in [5, 5.41) is 13.1. The van der Waals surface area contributed by atoms with E-state index in [1.165, 1.54) is 33.1 Å². The van der Waals surface area contributed by atoms with Crippen molar-refractivity contribution >= 4 is 27.8 Å². The molecule has 0 bridgehead atoms. The number of aromatic amines is 2. The van der Waals surface area contributed by atoms with Gasteiger partial charge >= 0.3 is 0 Å². The number of benzene rings is 1. The van der Waals surface area contributed by atoms with Crippen LogP contribution in [0.3, 0.4) is 0 Å². The smallest absolute Gasteiger partial charge is 0.0709 e. The van der Waals surface area contributed by atoms with E-state index < -0.39 is 0 Å². The fourth-order valence-electron chi connectivity index (χ4n) is 3.70. The first kappa shape index (κ1) is 12.7. The summed E-state index contributed by atoms with van der Waals surface area (Å²) in [4.78, 5) is 3.64. The molecule has 0 saturated carbocycles. The molecule has 1 aliphatic rings. The van der Waals surface area contributed by atoms with Gasteiger partial charge in [0.1, 0.15) is 0 Å². The fourth-order valence-corrected chi connectivity index (χ4v) is 3.70. The molecule has 1 aliphatic carbocycles. The molecule has 0 saturated heterocycles. The number of hydrogen-bond acceptors (Lipinski definition) is 1. The van der Waals surface area contributed by atoms with E-state index in [9.17, 15) is 0 Å². The van der Waals surface area contributed by atoms with Crippen LogP contribution in [0.25, 0.3) is 27.8 Å². The van der Waals surface area contributed by atoms with Crippen LogP contribution in [0.15, 0.2) is 18.2 Å². The number of nitrogens with one attached hydrogen (secondary N) is 2. The average Bonchev–Trinajstić information content (AvgIpc) is 2.71. The maximum Gasteiger partial charge on any atom is 0.0709 e. The summed E-state index contributed by atoms with van der Waals surface area (Å²) < 4.78 is 0. The number of hydrogen-bond donors (Lipinski definition) is 2. The zero-order valence-electron chi connectivity index (χ0n) is 12.9. The van der Waals surface area contributed by atoms with Crippen molar-refractivity contribution in [3.63, 3.8) is 0 Å². The van der Waals surface area contributed by atoms with E-state index in [1.807, 2.05) is 0 Å². The van der Waals surface area contributed by atoms with E-state index in [1.54, 1.807) is 0 Å². The zero-order chi connectivity index (χ0) is 14.6. The van der Waals surface area contributed by atoms with E-state index in [2.05, 4.69) is 55.1 Å². The summed E-state index contributed by atoms with van der Waals surface area (Å²) in [6.45, 7) is 6.80. The first-order valence-corrected chi connectivity index (χ1v) is 7.76. The summed E-state index contributed by atoms with van der Waals surface area (Å²) in [5.41, 5.74) is 4.02. The minimum absolute atomic E-state index is 0.257. The van der Waals surface area contributed by atoms with Crippen LogP contribution in [0, 0.1) is 5.41 Å². The van der Waals surface area contributed by atoms with E-state index in [0.717, 1.165) is 24.6 Å². The van der Waals surface area contributed by atoms with Gasteiger partial charge in [-0.2, -0.15) is 5.10 Å². The highest BCUT2D eigenvalue weighted by molar-refractivity contribution is 6.11. The van der Waals surface area contributed by atoms with Crippen LogP contribution in [0.2, 0.25) is 0 Å². The third-order valence-electron chi connectivity index (χ3n) is 4.50. The van der Waals surface area contributed by atoms with Gasteiger partial charge in [0.2, 0.25) is 0 Å². The summed E-state index contributed by atoms with van der Waals surface area (Å²) in [6, 6.07) is 6.50. The number of nitrogens with zero attached hydrogens (tertiary/aromatic N) is 1. The molecule has 0 spiro atoms. The van der Waals surface area contributed by atoms with Gasteiger partial charge in [-0.25, -0.2) is 0 Å². The molecule has 3 nitrogen and oxygen atoms in total. The molecular formula is C18H21N3. The van der Waals surface area contributed by atoms with Crippen molar-refractivity contribution in [2.45, 2.75) is 40.0 Å². The van der Waals surface area contributed by atoms with Crippen LogP contribution < -0.4 is 5.35 Å². The van der Waals surface area contributed by atoms with Crippen LogP contribution in [0.1, 0.15) is 38.6 Å². The Balaban J connectivity index is 2.25. The van der Waals surface area contributed by atoms with E-state index >= 15 is 0 Å². The van der Waals surface area contributed by atoms with E-state index in [4.69, 9.17) is 5.10 Å². The monoisotopic (exact) mass is 279 g/mol. The van der Waals surface area contributed by atoms with Gasteiger partial charge in [-0.15, -0.1) is 0 Å². The molecule has 3 aromatic rings. The summed E-state index contributed by atoms with van der Waals surface area (Å²) in [5.74, 6) is 0. The predicted molar refractivity (Wildman–Crippen MR) is 87.9 cm³/mol. The predicted octanol–water partition coefficient (Wildman–Crippen LogP) is 3.64. The van der Waals surface area contributed by atoms with Gasteiger partial charge in [0.25, 0.3) is 0 Å². The summed E-state index contributed by atoms with van der Waals surface area (Å²) in [7, 11) is 0. The molecule has 0 amide bonds. The maximum atomic E-state index is 4.74. The van der Waals surface area contributed by atoms with Crippen molar-refractivity contribution in [1.82, 2.24) is 15.2 Å². The van der Waals surface area contributed by atoms with E-state index in [0.29, 0.717) is 0 Å². The van der Waals surface area contributed by atoms with Crippen molar-refractivity contribution < 1.29 is 0 Å². The van der Waals surface area contributed by atoms with Gasteiger partial charge in [-0.1, -0.05) is 39.0 Å². The molecule has 21 heavy (non-hydrogen) atoms. The van der Waals surface area contributed by atoms with Crippen molar-refractivity contribution in [3.05, 3.63) is 34.9 Å². The lowest BCUT2D eigenvalue weighted by Gasteiger charge is -2.27. The number of H-pyrrole nitrogens is 2. The maximum absolute atomic E-state index is 4.74. The molecule has 2 aromatic heterocycles. The average molecular weight is 279 g/mol. The molecule has 0 atom stereocenters. The molecule has 0 radical (unpaired) electrons. The Morgan fingerprint density at radius 2 is 2.10 bits per heavy atom. The molecule has 4 rings (SSSR count). The summed E-state index contributed by atoms with van der Waals surface area (Å²) >= 11 is 0. The van der Waals surface area contributed by atoms with Gasteiger partial charge in [-0.3, -0.25) is 5.10 Å². The van der Waals surface area contributed by atoms with Crippen molar-refractivity contribution in [2.24, 2.45) is 5.41 Å². The van der Waals surface area contributed by atoms with E-state index in [-0.39, 0.29) is 5.41 Å². The Labute approximate surface area is 124 Å². The first-order chi connectivity index (χ1) is 10.1. The second-order valence-electron chi connectivity index (χ2n) is 6.92. The second kappa shape index (κ2) is 4.23. The molecule has 108 valence electrons. The highest BCUT2D eigenvalue weighted by atomic mass is 15.1. The summed E-state index contributed by atoms with van der Waals surface area (Å²) in [6.07, 6.45) is 5.33. The Morgan fingerprint density at radius 1 is 1.24 bits per heavy atom. The van der Waals surface area contributed by atoms with Crippen LogP contribution >= 0.6 is 0 Å². The van der Waals surface area contributed by atoms with Crippen LogP contribution in [-0.4, -0.2) is 15.2 Å². The standard InChI is InChI=1S/C18H21N3/c1-4-6-12-11-7-5-8-13-16(11)17-14(19-13)9-18(2,3)10-15(17)21-20-12/h5-8,19-20H,4,9-10H2,1-3H3/b12-6-. The molecule has 0 fully saturated rings. The van der Waals surface area contributed by atoms with Gasteiger partial charge in [0.05, 0.1) is 11.0 Å². The Morgan fingerprint density at radius 3 is 2.90 bits per heavy atom. The number of aromatic nitrogens is 3. The highest BCUT2D eigenvalue weighted by Crippen LogP contribution is 2.39. The van der Waals surface area contributed by atoms with Gasteiger partial charge in [0, 0.05) is 27.4 Å². The largest absolute Gasteiger partial charge is 0.358 e. The first-order valence-electron chi connectivity index (χ1n) is 7.76. The highest BCUT2D eigenvalue weighted by Gasteiger charge is 2.29. The third-order valence-corrected chi connectivity index (χ3v) is 4.50. The molecule has 0 aliphatic heterocycles. The second-order valence-corrected chi connectivity index (χ2v) is 6.92. The lowest BCUT2D eigenvalue weighted by atomic mass is 9.78. The lowest BCUT2D eigenvalue weighted by Crippen LogP contribution is -2.23. The Bertz CT molecular complexity index is 909. The molecule has 2 N–H and O–H groups in total. The molecule has 1 aromatic carbocycles. The minimum Gasteiger partial charge on any atom is -0.358 e. The van der Waals surface area contributed by atoms with Gasteiger partial charge in [-0.05, 0) is 30.7 Å². The van der Waals surface area contributed by atoms with Gasteiger partial charge in [0.15, 0.2) is 0 Å². The zero-order valence-corrected chi connectivity index (χ0v) is 12.9. The van der Waals surface area contributed by atoms with Crippen molar-refractivity contribution in [2.75, 3.05) is 0 Å². The molecule has 3 heteroatoms. The lowest BCUT2D eigenvalue weighted by molar-refractivity contribution is 0.347. The van der Waals surface area contributed by atoms with Gasteiger partial charge < -0.3 is 4.98 Å².